The molecule has 1 spiro atoms. The Labute approximate surface area is 135 Å². The quantitative estimate of drug-likeness (QED) is 0.744. The maximum Gasteiger partial charge on any atom is 0.107 e. The van der Waals surface area contributed by atoms with Crippen LogP contribution in [0.15, 0.2) is 42.9 Å². The molecule has 2 fully saturated rings. The van der Waals surface area contributed by atoms with Crippen molar-refractivity contribution in [1.82, 2.24) is 24.5 Å². The van der Waals surface area contributed by atoms with E-state index in [1.54, 1.807) is 0 Å². The van der Waals surface area contributed by atoms with Crippen molar-refractivity contribution in [2.45, 2.75) is 31.7 Å². The van der Waals surface area contributed by atoms with Crippen LogP contribution in [0.1, 0.15) is 31.7 Å². The molecule has 1 aromatic carbocycles. The summed E-state index contributed by atoms with van der Waals surface area (Å²) in [4.78, 5) is 4.75. The lowest BCUT2D eigenvalue weighted by molar-refractivity contribution is 0.175. The summed E-state index contributed by atoms with van der Waals surface area (Å²) < 4.78 is 4.19. The molecule has 0 amide bonds. The third kappa shape index (κ3) is 1.96. The Morgan fingerprint density at radius 3 is 2.57 bits per heavy atom. The number of nitrogens with zero attached hydrogens (tertiary/aromatic N) is 5. The van der Waals surface area contributed by atoms with Crippen molar-refractivity contribution in [3.05, 3.63) is 42.9 Å². The maximum atomic E-state index is 4.75. The van der Waals surface area contributed by atoms with Crippen LogP contribution < -0.4 is 0 Å². The van der Waals surface area contributed by atoms with Gasteiger partial charge in [-0.25, -0.2) is 9.67 Å². The van der Waals surface area contributed by atoms with Gasteiger partial charge in [0.25, 0.3) is 0 Å². The highest BCUT2D eigenvalue weighted by Crippen LogP contribution is 2.65. The molecule has 0 aliphatic heterocycles. The minimum absolute atomic E-state index is 0.562. The molecule has 0 saturated heterocycles. The van der Waals surface area contributed by atoms with E-state index in [1.807, 2.05) is 30.3 Å². The van der Waals surface area contributed by atoms with Crippen molar-refractivity contribution >= 4 is 0 Å². The first-order valence-electron chi connectivity index (χ1n) is 8.23. The molecule has 2 saturated carbocycles. The lowest BCUT2D eigenvalue weighted by Gasteiger charge is -2.37. The van der Waals surface area contributed by atoms with Gasteiger partial charge in [0.15, 0.2) is 0 Å². The number of benzene rings is 1. The Morgan fingerprint density at radius 1 is 1.13 bits per heavy atom. The number of rotatable bonds is 3. The van der Waals surface area contributed by atoms with Gasteiger partial charge in [-0.05, 0) is 31.1 Å². The molecule has 0 atom stereocenters. The topological polar surface area (TPSA) is 48.5 Å². The molecule has 2 aromatic heterocycles. The molecule has 5 nitrogen and oxygen atoms in total. The van der Waals surface area contributed by atoms with Crippen LogP contribution in [0.5, 0.6) is 0 Å². The van der Waals surface area contributed by atoms with E-state index in [1.165, 1.54) is 25.7 Å². The predicted octanol–water partition coefficient (Wildman–Crippen LogP) is 3.46. The summed E-state index contributed by atoms with van der Waals surface area (Å²) >= 11 is 0. The van der Waals surface area contributed by atoms with Crippen LogP contribution >= 0.6 is 0 Å². The van der Waals surface area contributed by atoms with Crippen molar-refractivity contribution in [2.75, 3.05) is 0 Å². The van der Waals surface area contributed by atoms with E-state index in [2.05, 4.69) is 39.1 Å². The highest BCUT2D eigenvalue weighted by Gasteiger charge is 2.53. The zero-order chi connectivity index (χ0) is 15.4. The van der Waals surface area contributed by atoms with Crippen molar-refractivity contribution in [2.24, 2.45) is 12.5 Å². The minimum Gasteiger partial charge on any atom is -0.326 e. The zero-order valence-corrected chi connectivity index (χ0v) is 13.2. The van der Waals surface area contributed by atoms with Gasteiger partial charge >= 0.3 is 0 Å². The van der Waals surface area contributed by atoms with Gasteiger partial charge in [-0.1, -0.05) is 35.5 Å². The third-order valence-corrected chi connectivity index (χ3v) is 5.49. The third-order valence-electron chi connectivity index (χ3n) is 5.49. The number of imidazole rings is 1. The highest BCUT2D eigenvalue weighted by atomic mass is 15.4. The Kier molecular flexibility index (Phi) is 2.57. The predicted molar refractivity (Wildman–Crippen MR) is 87.6 cm³/mol. The standard InChI is InChI=1S/C18H19N5/c1-22-15(11-20-21-22)17-16(13-5-3-2-4-6-13)19-12-23(17)14-9-18(10-14)7-8-18/h2-6,11-12,14H,7-10H2,1H3. The van der Waals surface area contributed by atoms with E-state index in [0.717, 1.165) is 22.6 Å². The van der Waals surface area contributed by atoms with Crippen LogP contribution in [0.25, 0.3) is 22.6 Å². The number of hydrogen-bond donors (Lipinski definition) is 0. The summed E-state index contributed by atoms with van der Waals surface area (Å²) in [7, 11) is 1.94. The average molecular weight is 305 g/mol. The molecule has 0 unspecified atom stereocenters. The second kappa shape index (κ2) is 4.54. The summed E-state index contributed by atoms with van der Waals surface area (Å²) in [5.41, 5.74) is 5.00. The van der Waals surface area contributed by atoms with Gasteiger partial charge in [-0.2, -0.15) is 0 Å². The van der Waals surface area contributed by atoms with Crippen molar-refractivity contribution in [3.63, 3.8) is 0 Å². The first-order chi connectivity index (χ1) is 11.3. The molecule has 5 rings (SSSR count). The van der Waals surface area contributed by atoms with Gasteiger partial charge in [-0.15, -0.1) is 5.10 Å². The van der Waals surface area contributed by atoms with Crippen LogP contribution in [-0.2, 0) is 7.05 Å². The Hall–Kier alpha value is -2.43. The van der Waals surface area contributed by atoms with Gasteiger partial charge in [0.1, 0.15) is 5.69 Å². The van der Waals surface area contributed by atoms with Crippen molar-refractivity contribution in [1.29, 1.82) is 0 Å². The van der Waals surface area contributed by atoms with E-state index in [9.17, 15) is 0 Å². The summed E-state index contributed by atoms with van der Waals surface area (Å²) in [5, 5.41) is 8.19. The fourth-order valence-electron chi connectivity index (χ4n) is 3.92. The van der Waals surface area contributed by atoms with Crippen LogP contribution in [0.4, 0.5) is 0 Å². The van der Waals surface area contributed by atoms with Gasteiger partial charge in [0.05, 0.1) is 23.9 Å². The smallest absolute Gasteiger partial charge is 0.107 e. The first-order valence-corrected chi connectivity index (χ1v) is 8.23. The molecular weight excluding hydrogens is 286 g/mol. The molecule has 3 aromatic rings. The fraction of sp³-hybridized carbons (Fsp3) is 0.389. The highest BCUT2D eigenvalue weighted by molar-refractivity contribution is 5.76. The van der Waals surface area contributed by atoms with E-state index in [4.69, 9.17) is 4.98 Å². The van der Waals surface area contributed by atoms with Gasteiger partial charge in [0.2, 0.25) is 0 Å². The van der Waals surface area contributed by atoms with E-state index < -0.39 is 0 Å². The molecule has 0 N–H and O–H groups in total. The van der Waals surface area contributed by atoms with Crippen molar-refractivity contribution < 1.29 is 0 Å². The van der Waals surface area contributed by atoms with Crippen LogP contribution in [0.3, 0.4) is 0 Å². The SMILES string of the molecule is Cn1nncc1-c1c(-c2ccccc2)ncn1C1CC2(CC2)C1. The lowest BCUT2D eigenvalue weighted by atomic mass is 9.76. The molecule has 0 bridgehead atoms. The minimum atomic E-state index is 0.562. The summed E-state index contributed by atoms with van der Waals surface area (Å²) in [6, 6.07) is 10.9. The monoisotopic (exact) mass is 305 g/mol. The molecular formula is C18H19N5. The largest absolute Gasteiger partial charge is 0.326 e. The Balaban J connectivity index is 1.64. The fourth-order valence-corrected chi connectivity index (χ4v) is 3.92. The van der Waals surface area contributed by atoms with Gasteiger partial charge in [0, 0.05) is 18.7 Å². The van der Waals surface area contributed by atoms with Crippen LogP contribution in [-0.4, -0.2) is 24.5 Å². The van der Waals surface area contributed by atoms with Gasteiger partial charge < -0.3 is 4.57 Å². The van der Waals surface area contributed by atoms with Crippen molar-refractivity contribution in [3.8, 4) is 22.6 Å². The molecule has 5 heteroatoms. The maximum absolute atomic E-state index is 4.75. The summed E-state index contributed by atoms with van der Waals surface area (Å²) in [6.45, 7) is 0. The van der Waals surface area contributed by atoms with E-state index >= 15 is 0 Å². The molecule has 2 aliphatic carbocycles. The summed E-state index contributed by atoms with van der Waals surface area (Å²) in [5.74, 6) is 0. The van der Waals surface area contributed by atoms with Gasteiger partial charge in [-0.3, -0.25) is 0 Å². The zero-order valence-electron chi connectivity index (χ0n) is 13.2. The number of aromatic nitrogens is 5. The lowest BCUT2D eigenvalue weighted by Crippen LogP contribution is -2.28. The normalized spacial score (nSPS) is 19.0. The molecule has 0 radical (unpaired) electrons. The molecule has 116 valence electrons. The molecule has 2 heterocycles. The van der Waals surface area contributed by atoms with E-state index in [-0.39, 0.29) is 0 Å². The Bertz CT molecular complexity index is 849. The summed E-state index contributed by atoms with van der Waals surface area (Å²) in [6.07, 6.45) is 9.24. The van der Waals surface area contributed by atoms with Crippen LogP contribution in [0.2, 0.25) is 0 Å². The van der Waals surface area contributed by atoms with E-state index in [0.29, 0.717) is 11.5 Å². The first kappa shape index (κ1) is 13.0. The Morgan fingerprint density at radius 2 is 1.91 bits per heavy atom. The molecule has 23 heavy (non-hydrogen) atoms. The average Bonchev–Trinajstić information content (AvgIpc) is 3.06. The molecule has 2 aliphatic rings. The number of hydrogen-bond acceptors (Lipinski definition) is 3. The number of aryl methyl sites for hydroxylation is 1. The second-order valence-electron chi connectivity index (χ2n) is 7.02. The van der Waals surface area contributed by atoms with Crippen LogP contribution in [0, 0.1) is 5.41 Å². The second-order valence-corrected chi connectivity index (χ2v) is 7.02.